The molecule has 0 aliphatic carbocycles. The lowest BCUT2D eigenvalue weighted by Crippen LogP contribution is -2.13. The lowest BCUT2D eigenvalue weighted by molar-refractivity contribution is -0.115. The van der Waals surface area contributed by atoms with E-state index in [1.807, 2.05) is 6.92 Å². The van der Waals surface area contributed by atoms with E-state index in [0.717, 1.165) is 9.90 Å². The fourth-order valence-corrected chi connectivity index (χ4v) is 3.71. The van der Waals surface area contributed by atoms with Gasteiger partial charge in [0.25, 0.3) is 0 Å². The number of thiazole rings is 1. The van der Waals surface area contributed by atoms with E-state index in [1.54, 1.807) is 36.0 Å². The van der Waals surface area contributed by atoms with Gasteiger partial charge in [0, 0.05) is 12.2 Å². The predicted octanol–water partition coefficient (Wildman–Crippen LogP) is 3.03. The van der Waals surface area contributed by atoms with Crippen LogP contribution in [0.4, 0.5) is 10.8 Å². The van der Waals surface area contributed by atoms with Crippen LogP contribution in [0.25, 0.3) is 0 Å². The van der Waals surface area contributed by atoms with E-state index in [2.05, 4.69) is 16.4 Å². The minimum atomic E-state index is -0.111. The number of hydrogen-bond acceptors (Lipinski definition) is 6. The second kappa shape index (κ2) is 7.11. The van der Waals surface area contributed by atoms with E-state index in [-0.39, 0.29) is 5.91 Å². The Bertz CT molecular complexity index is 691. The first-order chi connectivity index (χ1) is 10.1. The molecule has 3 N–H and O–H groups in total. The number of para-hydroxylation sites is 1. The number of rotatable bonds is 5. The van der Waals surface area contributed by atoms with Crippen molar-refractivity contribution in [2.24, 2.45) is 0 Å². The summed E-state index contributed by atoms with van der Waals surface area (Å²) < 4.78 is 1.04. The molecule has 0 radical (unpaired) electrons. The lowest BCUT2D eigenvalue weighted by atomic mass is 10.2. The summed E-state index contributed by atoms with van der Waals surface area (Å²) in [5.74, 6) is 0.531. The van der Waals surface area contributed by atoms with Crippen molar-refractivity contribution in [2.45, 2.75) is 17.6 Å². The van der Waals surface area contributed by atoms with Crippen molar-refractivity contribution in [3.8, 4) is 6.07 Å². The largest absolute Gasteiger partial charge is 0.375 e. The molecule has 1 amide bonds. The molecule has 21 heavy (non-hydrogen) atoms. The summed E-state index contributed by atoms with van der Waals surface area (Å²) in [6.07, 6.45) is 0.363. The molecule has 0 unspecified atom stereocenters. The average molecular weight is 318 g/mol. The number of nitrogens with two attached hydrogens (primary N) is 1. The summed E-state index contributed by atoms with van der Waals surface area (Å²) in [5.41, 5.74) is 7.54. The van der Waals surface area contributed by atoms with Gasteiger partial charge < -0.3 is 11.1 Å². The summed E-state index contributed by atoms with van der Waals surface area (Å²) in [6.45, 7) is 1.90. The van der Waals surface area contributed by atoms with Crippen LogP contribution in [0.5, 0.6) is 0 Å². The van der Waals surface area contributed by atoms with E-state index >= 15 is 0 Å². The first-order valence-electron chi connectivity index (χ1n) is 6.25. The quantitative estimate of drug-likeness (QED) is 0.827. The van der Waals surface area contributed by atoms with Crippen LogP contribution >= 0.6 is 23.1 Å². The Kier molecular flexibility index (Phi) is 5.20. The maximum Gasteiger partial charge on any atom is 0.225 e. The van der Waals surface area contributed by atoms with Crippen molar-refractivity contribution in [3.63, 3.8) is 0 Å². The molecule has 7 heteroatoms. The smallest absolute Gasteiger partial charge is 0.225 e. The molecule has 0 aliphatic heterocycles. The summed E-state index contributed by atoms with van der Waals surface area (Å²) in [5, 5.41) is 12.3. The van der Waals surface area contributed by atoms with Crippen molar-refractivity contribution in [1.29, 1.82) is 5.26 Å². The minimum Gasteiger partial charge on any atom is -0.375 e. The Labute approximate surface area is 131 Å². The number of aryl methyl sites for hydroxylation is 1. The maximum atomic E-state index is 11.9. The van der Waals surface area contributed by atoms with E-state index in [0.29, 0.717) is 28.6 Å². The number of nitrogens with zero attached hydrogens (tertiary/aromatic N) is 2. The summed E-state index contributed by atoms with van der Waals surface area (Å²) in [6, 6.07) is 9.00. The molecular formula is C14H14N4OS2. The molecule has 0 spiro atoms. The number of thioether (sulfide) groups is 1. The molecular weight excluding hydrogens is 304 g/mol. The number of amides is 1. The van der Waals surface area contributed by atoms with Crippen molar-refractivity contribution >= 4 is 39.8 Å². The molecule has 0 aliphatic rings. The Morgan fingerprint density at radius 2 is 2.29 bits per heavy atom. The van der Waals surface area contributed by atoms with Crippen molar-refractivity contribution < 1.29 is 4.79 Å². The molecule has 2 aromatic rings. The molecule has 0 fully saturated rings. The van der Waals surface area contributed by atoms with Crippen molar-refractivity contribution in [1.82, 2.24) is 4.98 Å². The van der Waals surface area contributed by atoms with E-state index in [9.17, 15) is 4.79 Å². The van der Waals surface area contributed by atoms with Gasteiger partial charge in [0.2, 0.25) is 5.91 Å². The summed E-state index contributed by atoms with van der Waals surface area (Å²) >= 11 is 3.00. The number of nitrogen functional groups attached to an aromatic ring is 1. The molecule has 5 nitrogen and oxygen atoms in total. The first-order valence-corrected chi connectivity index (χ1v) is 8.05. The van der Waals surface area contributed by atoms with Crippen LogP contribution in [0.3, 0.4) is 0 Å². The van der Waals surface area contributed by atoms with Crippen molar-refractivity contribution in [2.75, 3.05) is 16.8 Å². The molecule has 1 aromatic heterocycles. The Morgan fingerprint density at radius 1 is 1.52 bits per heavy atom. The molecule has 108 valence electrons. The Hall–Kier alpha value is -2.04. The van der Waals surface area contributed by atoms with Gasteiger partial charge in [0.1, 0.15) is 6.07 Å². The Morgan fingerprint density at radius 3 is 2.95 bits per heavy atom. The van der Waals surface area contributed by atoms with Gasteiger partial charge in [-0.3, -0.25) is 4.79 Å². The van der Waals surface area contributed by atoms with Gasteiger partial charge in [-0.15, -0.1) is 11.8 Å². The monoisotopic (exact) mass is 318 g/mol. The number of carbonyl (C=O) groups is 1. The molecule has 1 heterocycles. The van der Waals surface area contributed by atoms with E-state index in [4.69, 9.17) is 11.0 Å². The SMILES string of the molecule is Cc1nc(N)sc1SCCC(=O)Nc1ccccc1C#N. The van der Waals surface area contributed by atoms with Gasteiger partial charge in [-0.25, -0.2) is 4.98 Å². The van der Waals surface area contributed by atoms with Crippen LogP contribution in [0, 0.1) is 18.3 Å². The highest BCUT2D eigenvalue weighted by Crippen LogP contribution is 2.30. The third-order valence-corrected chi connectivity index (χ3v) is 5.01. The predicted molar refractivity (Wildman–Crippen MR) is 86.4 cm³/mol. The number of benzene rings is 1. The standard InChI is InChI=1S/C14H14N4OS2/c1-9-13(21-14(16)17-9)20-7-6-12(19)18-11-5-3-2-4-10(11)8-15/h2-5H,6-7H2,1H3,(H2,16,17)(H,18,19). The summed E-state index contributed by atoms with van der Waals surface area (Å²) in [7, 11) is 0. The van der Waals surface area contributed by atoms with Gasteiger partial charge in [-0.05, 0) is 19.1 Å². The molecule has 1 aromatic carbocycles. The fourth-order valence-electron chi connectivity index (χ4n) is 1.68. The van der Waals surface area contributed by atoms with Crippen LogP contribution in [0.15, 0.2) is 28.5 Å². The second-order valence-electron chi connectivity index (χ2n) is 4.23. The van der Waals surface area contributed by atoms with E-state index in [1.165, 1.54) is 11.3 Å². The van der Waals surface area contributed by atoms with Crippen LogP contribution in [0.2, 0.25) is 0 Å². The number of carbonyl (C=O) groups excluding carboxylic acids is 1. The second-order valence-corrected chi connectivity index (χ2v) is 6.62. The van der Waals surface area contributed by atoms with Crippen LogP contribution in [-0.2, 0) is 4.79 Å². The zero-order chi connectivity index (χ0) is 15.2. The van der Waals surface area contributed by atoms with Gasteiger partial charge >= 0.3 is 0 Å². The third-order valence-electron chi connectivity index (χ3n) is 2.65. The van der Waals surface area contributed by atoms with Crippen LogP contribution in [-0.4, -0.2) is 16.6 Å². The first kappa shape index (κ1) is 15.4. The fraction of sp³-hybridized carbons (Fsp3) is 0.214. The van der Waals surface area contributed by atoms with Crippen LogP contribution < -0.4 is 11.1 Å². The van der Waals surface area contributed by atoms with Gasteiger partial charge in [0.05, 0.1) is 21.2 Å². The number of hydrogen-bond donors (Lipinski definition) is 2. The highest BCUT2D eigenvalue weighted by atomic mass is 32.2. The molecule has 0 bridgehead atoms. The highest BCUT2D eigenvalue weighted by molar-refractivity contribution is 8.01. The number of anilines is 2. The van der Waals surface area contributed by atoms with Gasteiger partial charge in [0.15, 0.2) is 5.13 Å². The van der Waals surface area contributed by atoms with Gasteiger partial charge in [-0.1, -0.05) is 23.5 Å². The van der Waals surface area contributed by atoms with E-state index < -0.39 is 0 Å². The number of nitrogens with one attached hydrogen (secondary N) is 1. The van der Waals surface area contributed by atoms with Crippen LogP contribution in [0.1, 0.15) is 17.7 Å². The topological polar surface area (TPSA) is 91.8 Å². The molecule has 0 saturated heterocycles. The normalized spacial score (nSPS) is 10.1. The minimum absolute atomic E-state index is 0.111. The average Bonchev–Trinajstić information content (AvgIpc) is 2.77. The third kappa shape index (κ3) is 4.21. The highest BCUT2D eigenvalue weighted by Gasteiger charge is 2.09. The Balaban J connectivity index is 1.85. The molecule has 0 saturated carbocycles. The zero-order valence-corrected chi connectivity index (χ0v) is 13.1. The maximum absolute atomic E-state index is 11.9. The summed E-state index contributed by atoms with van der Waals surface area (Å²) in [4.78, 5) is 16.0. The van der Waals surface area contributed by atoms with Crippen molar-refractivity contribution in [3.05, 3.63) is 35.5 Å². The lowest BCUT2D eigenvalue weighted by Gasteiger charge is -2.06. The van der Waals surface area contributed by atoms with Gasteiger partial charge in [-0.2, -0.15) is 5.26 Å². The number of nitriles is 1. The number of aromatic nitrogens is 1. The molecule has 2 rings (SSSR count). The molecule has 0 atom stereocenters. The zero-order valence-electron chi connectivity index (χ0n) is 11.4.